The van der Waals surface area contributed by atoms with E-state index in [1.54, 1.807) is 42.5 Å². The summed E-state index contributed by atoms with van der Waals surface area (Å²) in [6, 6.07) is 16.8. The van der Waals surface area contributed by atoms with E-state index >= 15 is 0 Å². The van der Waals surface area contributed by atoms with Crippen LogP contribution in [-0.4, -0.2) is 21.3 Å². The van der Waals surface area contributed by atoms with E-state index in [9.17, 15) is 27.6 Å². The Labute approximate surface area is 220 Å². The fourth-order valence-corrected chi connectivity index (χ4v) is 4.90. The van der Waals surface area contributed by atoms with Gasteiger partial charge in [0.15, 0.2) is 5.69 Å². The largest absolute Gasteiger partial charge is 0.478 e. The normalized spacial score (nSPS) is 14.7. The van der Waals surface area contributed by atoms with Crippen LogP contribution in [0.15, 0.2) is 66.7 Å². The number of carboxylic acids is 1. The summed E-state index contributed by atoms with van der Waals surface area (Å²) in [4.78, 5) is 10.9. The fourth-order valence-electron chi connectivity index (χ4n) is 4.90. The second kappa shape index (κ2) is 10.2. The maximum atomic E-state index is 14.2. The topological polar surface area (TPSA) is 89.8 Å². The lowest BCUT2D eigenvalue weighted by Gasteiger charge is -2.33. The molecule has 0 radical (unpaired) electrons. The van der Waals surface area contributed by atoms with Crippen molar-refractivity contribution in [1.82, 2.24) is 10.2 Å². The van der Waals surface area contributed by atoms with Gasteiger partial charge in [0, 0.05) is 11.5 Å². The molecule has 0 amide bonds. The molecule has 4 aromatic rings. The highest BCUT2D eigenvalue weighted by molar-refractivity contribution is 6.02. The van der Waals surface area contributed by atoms with Gasteiger partial charge >= 0.3 is 12.1 Å². The lowest BCUT2D eigenvalue weighted by Crippen LogP contribution is -2.18. The van der Waals surface area contributed by atoms with Gasteiger partial charge in [-0.15, -0.1) is 0 Å². The van der Waals surface area contributed by atoms with E-state index in [2.05, 4.69) is 10.2 Å². The van der Waals surface area contributed by atoms with Crippen LogP contribution < -0.4 is 0 Å². The van der Waals surface area contributed by atoms with Crippen LogP contribution in [0.3, 0.4) is 0 Å². The zero-order valence-corrected chi connectivity index (χ0v) is 20.4. The molecule has 0 saturated heterocycles. The smallest absolute Gasteiger partial charge is 0.417 e. The van der Waals surface area contributed by atoms with Crippen molar-refractivity contribution in [3.8, 4) is 6.07 Å². The molecule has 0 bridgehead atoms. The Morgan fingerprint density at radius 3 is 2.38 bits per heavy atom. The molecule has 1 aliphatic rings. The van der Waals surface area contributed by atoms with Gasteiger partial charge in [0.05, 0.1) is 11.1 Å². The molecule has 1 aromatic heterocycles. The molecule has 5 rings (SSSR count). The molecule has 1 fully saturated rings. The Balaban J connectivity index is 1.83. The number of allylic oxidation sites excluding steroid dienone is 1. The summed E-state index contributed by atoms with van der Waals surface area (Å²) in [7, 11) is 0. The minimum atomic E-state index is -4.79. The van der Waals surface area contributed by atoms with Crippen LogP contribution in [0.5, 0.6) is 0 Å². The van der Waals surface area contributed by atoms with Crippen LogP contribution >= 0.6 is 0 Å². The first kappa shape index (κ1) is 25.9. The number of carboxylic acid groups (broad SMARTS) is 1. The Hall–Kier alpha value is -4.71. The van der Waals surface area contributed by atoms with E-state index in [-0.39, 0.29) is 17.2 Å². The zero-order chi connectivity index (χ0) is 27.7. The van der Waals surface area contributed by atoms with Gasteiger partial charge in [-0.05, 0) is 82.5 Å². The first-order valence-electron chi connectivity index (χ1n) is 12.2. The molecule has 0 aliphatic heterocycles. The van der Waals surface area contributed by atoms with Crippen molar-refractivity contribution in [2.45, 2.75) is 25.4 Å². The molecule has 0 atom stereocenters. The third-order valence-corrected chi connectivity index (χ3v) is 6.94. The molecule has 2 N–H and O–H groups in total. The van der Waals surface area contributed by atoms with Gasteiger partial charge in [-0.1, -0.05) is 42.8 Å². The third kappa shape index (κ3) is 5.18. The number of aromatic amines is 1. The number of nitriles is 1. The molecule has 5 nitrogen and oxygen atoms in total. The number of hydrogen-bond donors (Lipinski definition) is 2. The number of carbonyl (C=O) groups is 1. The van der Waals surface area contributed by atoms with Gasteiger partial charge in [0.25, 0.3) is 0 Å². The zero-order valence-electron chi connectivity index (χ0n) is 20.4. The van der Waals surface area contributed by atoms with Gasteiger partial charge in [0.2, 0.25) is 0 Å². The van der Waals surface area contributed by atoms with Crippen LogP contribution in [-0.2, 0) is 11.0 Å². The number of aliphatic carboxylic acids is 1. The van der Waals surface area contributed by atoms with E-state index in [1.807, 2.05) is 6.07 Å². The quantitative estimate of drug-likeness (QED) is 0.154. The average molecular weight is 532 g/mol. The van der Waals surface area contributed by atoms with Crippen molar-refractivity contribution >= 4 is 34.1 Å². The highest BCUT2D eigenvalue weighted by atomic mass is 19.4. The molecule has 3 aromatic carbocycles. The van der Waals surface area contributed by atoms with Crippen LogP contribution in [0.1, 0.15) is 52.8 Å². The summed E-state index contributed by atoms with van der Waals surface area (Å²) in [5, 5.41) is 25.8. The summed E-state index contributed by atoms with van der Waals surface area (Å²) in [5.41, 5.74) is 2.37. The van der Waals surface area contributed by atoms with Crippen molar-refractivity contribution in [1.29, 1.82) is 5.26 Å². The summed E-state index contributed by atoms with van der Waals surface area (Å²) >= 11 is 0. The third-order valence-electron chi connectivity index (χ3n) is 6.94. The second-order valence-corrected chi connectivity index (χ2v) is 9.34. The Kier molecular flexibility index (Phi) is 6.79. The minimum absolute atomic E-state index is 0.0914. The van der Waals surface area contributed by atoms with Gasteiger partial charge in [0.1, 0.15) is 11.9 Å². The van der Waals surface area contributed by atoms with Gasteiger partial charge in [-0.3, -0.25) is 5.10 Å². The van der Waals surface area contributed by atoms with Crippen molar-refractivity contribution in [2.75, 3.05) is 0 Å². The summed E-state index contributed by atoms with van der Waals surface area (Å²) in [6.45, 7) is 0. The molecular weight excluding hydrogens is 510 g/mol. The Bertz CT molecular complexity index is 1670. The van der Waals surface area contributed by atoms with E-state index in [0.29, 0.717) is 57.6 Å². The number of alkyl halides is 3. The molecule has 1 saturated carbocycles. The molecule has 0 spiro atoms. The van der Waals surface area contributed by atoms with E-state index in [0.717, 1.165) is 18.6 Å². The van der Waals surface area contributed by atoms with E-state index < -0.39 is 23.5 Å². The minimum Gasteiger partial charge on any atom is -0.478 e. The van der Waals surface area contributed by atoms with Crippen LogP contribution in [0.4, 0.5) is 17.6 Å². The van der Waals surface area contributed by atoms with E-state index in [4.69, 9.17) is 5.11 Å². The maximum Gasteiger partial charge on any atom is 0.417 e. The van der Waals surface area contributed by atoms with Crippen molar-refractivity contribution in [2.24, 2.45) is 5.92 Å². The predicted octanol–water partition coefficient (Wildman–Crippen LogP) is 7.45. The number of hydrogen-bond acceptors (Lipinski definition) is 3. The molecule has 196 valence electrons. The number of H-pyrrole nitrogens is 1. The van der Waals surface area contributed by atoms with Crippen LogP contribution in [0.25, 0.3) is 28.1 Å². The predicted molar refractivity (Wildman–Crippen MR) is 139 cm³/mol. The highest BCUT2D eigenvalue weighted by Crippen LogP contribution is 2.48. The maximum absolute atomic E-state index is 14.2. The molecule has 1 heterocycles. The fraction of sp³-hybridized carbons (Fsp3) is 0.167. The molecule has 0 unspecified atom stereocenters. The number of halogens is 4. The summed E-state index contributed by atoms with van der Waals surface area (Å²) < 4.78 is 56.7. The molecule has 1 aliphatic carbocycles. The number of fused-ring (bicyclic) bond motifs is 1. The van der Waals surface area contributed by atoms with E-state index in [1.165, 1.54) is 12.1 Å². The lowest BCUT2D eigenvalue weighted by molar-refractivity contribution is -0.138. The molecule has 39 heavy (non-hydrogen) atoms. The van der Waals surface area contributed by atoms with Gasteiger partial charge < -0.3 is 5.11 Å². The SMILES string of the molecule is N#Cc1n[nH]c2ccc(C(=C(c3ccc(F)cc3C(F)(F)F)C3CCC3)c3ccc(C=CC(=O)O)cc3)cc12. The van der Waals surface area contributed by atoms with Crippen molar-refractivity contribution < 1.29 is 27.5 Å². The highest BCUT2D eigenvalue weighted by Gasteiger charge is 2.38. The van der Waals surface area contributed by atoms with Crippen molar-refractivity contribution in [3.63, 3.8) is 0 Å². The summed E-state index contributed by atoms with van der Waals surface area (Å²) in [5.74, 6) is -2.29. The lowest BCUT2D eigenvalue weighted by atomic mass is 9.72. The van der Waals surface area contributed by atoms with Crippen molar-refractivity contribution in [3.05, 3.63) is 106 Å². The molecular formula is C30H21F4N3O2. The monoisotopic (exact) mass is 531 g/mol. The van der Waals surface area contributed by atoms with Crippen LogP contribution in [0.2, 0.25) is 0 Å². The van der Waals surface area contributed by atoms with Gasteiger partial charge in [-0.25, -0.2) is 9.18 Å². The number of aromatic nitrogens is 2. The first-order valence-corrected chi connectivity index (χ1v) is 12.2. The Morgan fingerprint density at radius 1 is 1.05 bits per heavy atom. The number of nitrogens with one attached hydrogen (secondary N) is 1. The Morgan fingerprint density at radius 2 is 1.77 bits per heavy atom. The average Bonchev–Trinajstić information content (AvgIpc) is 3.29. The van der Waals surface area contributed by atoms with Crippen LogP contribution in [0, 0.1) is 23.1 Å². The standard InChI is InChI=1S/C30H21F4N3O2/c31-21-10-11-22(24(15-21)30(32,33)34)29(18-2-1-3-18)28(19-7-4-17(5-8-19)6-13-27(38)39)20-9-12-25-23(14-20)26(16-35)37-36-25/h4-15,18H,1-3H2,(H,36,37)(H,38,39). The van der Waals surface area contributed by atoms with Gasteiger partial charge in [-0.2, -0.15) is 23.5 Å². The molecule has 9 heteroatoms. The number of rotatable bonds is 6. The second-order valence-electron chi connectivity index (χ2n) is 9.34. The number of benzene rings is 3. The number of nitrogens with zero attached hydrogens (tertiary/aromatic N) is 2. The first-order chi connectivity index (χ1) is 18.7. The summed E-state index contributed by atoms with van der Waals surface area (Å²) in [6.07, 6.45) is -0.181.